The zero-order valence-electron chi connectivity index (χ0n) is 12.0. The third kappa shape index (κ3) is 4.62. The standard InChI is InChI=1S/C16H12Cl2F3NO/c1-2-15(22-23-12-6-3-10(17)4-7-12)13-9-11(18)5-8-14(13)16(19,20)21/h3-9H,2H2,1H3/b22-15+. The van der Waals surface area contributed by atoms with Crippen molar-refractivity contribution in [3.63, 3.8) is 0 Å². The largest absolute Gasteiger partial charge is 0.417 e. The zero-order chi connectivity index (χ0) is 17.0. The van der Waals surface area contributed by atoms with Gasteiger partial charge < -0.3 is 4.84 Å². The minimum Gasteiger partial charge on any atom is -0.357 e. The van der Waals surface area contributed by atoms with E-state index >= 15 is 0 Å². The summed E-state index contributed by atoms with van der Waals surface area (Å²) in [6.07, 6.45) is -4.26. The van der Waals surface area contributed by atoms with Gasteiger partial charge in [-0.3, -0.25) is 0 Å². The molecule has 0 amide bonds. The van der Waals surface area contributed by atoms with Crippen LogP contribution in [-0.2, 0) is 6.18 Å². The second-order valence-corrected chi connectivity index (χ2v) is 5.50. The van der Waals surface area contributed by atoms with E-state index in [1.54, 1.807) is 31.2 Å². The van der Waals surface area contributed by atoms with E-state index in [4.69, 9.17) is 28.0 Å². The van der Waals surface area contributed by atoms with Gasteiger partial charge in [-0.05, 0) is 48.9 Å². The monoisotopic (exact) mass is 361 g/mol. The molecule has 0 bridgehead atoms. The van der Waals surface area contributed by atoms with Gasteiger partial charge in [0.15, 0.2) is 5.75 Å². The number of oxime groups is 1. The molecule has 0 heterocycles. The second-order valence-electron chi connectivity index (χ2n) is 4.62. The van der Waals surface area contributed by atoms with Gasteiger partial charge in [0.2, 0.25) is 0 Å². The van der Waals surface area contributed by atoms with E-state index in [-0.39, 0.29) is 22.7 Å². The van der Waals surface area contributed by atoms with Crippen molar-refractivity contribution >= 4 is 28.9 Å². The summed E-state index contributed by atoms with van der Waals surface area (Å²) in [4.78, 5) is 5.19. The summed E-state index contributed by atoms with van der Waals surface area (Å²) in [6.45, 7) is 1.69. The number of halogens is 5. The molecule has 0 saturated heterocycles. The number of alkyl halides is 3. The van der Waals surface area contributed by atoms with Crippen molar-refractivity contribution in [1.82, 2.24) is 0 Å². The van der Waals surface area contributed by atoms with E-state index < -0.39 is 11.7 Å². The maximum atomic E-state index is 13.1. The molecule has 0 N–H and O–H groups in total. The van der Waals surface area contributed by atoms with E-state index in [1.165, 1.54) is 12.1 Å². The Morgan fingerprint density at radius 2 is 1.65 bits per heavy atom. The summed E-state index contributed by atoms with van der Waals surface area (Å²) in [5, 5.41) is 4.56. The number of rotatable bonds is 4. The number of hydrogen-bond acceptors (Lipinski definition) is 2. The molecule has 23 heavy (non-hydrogen) atoms. The Labute approximate surface area is 141 Å². The third-order valence-corrected chi connectivity index (χ3v) is 3.49. The maximum Gasteiger partial charge on any atom is 0.417 e. The fraction of sp³-hybridized carbons (Fsp3) is 0.188. The Kier molecular flexibility index (Phi) is 5.55. The minimum atomic E-state index is -4.50. The first-order valence-electron chi connectivity index (χ1n) is 6.68. The van der Waals surface area contributed by atoms with Crippen molar-refractivity contribution in [1.29, 1.82) is 0 Å². The van der Waals surface area contributed by atoms with Crippen LogP contribution >= 0.6 is 23.2 Å². The predicted octanol–water partition coefficient (Wildman–Crippen LogP) is 6.21. The van der Waals surface area contributed by atoms with Gasteiger partial charge in [0.25, 0.3) is 0 Å². The van der Waals surface area contributed by atoms with Gasteiger partial charge in [0, 0.05) is 15.6 Å². The maximum absolute atomic E-state index is 13.1. The van der Waals surface area contributed by atoms with Crippen LogP contribution in [0.15, 0.2) is 47.6 Å². The van der Waals surface area contributed by atoms with Gasteiger partial charge in [0.05, 0.1) is 11.3 Å². The summed E-state index contributed by atoms with van der Waals surface area (Å²) >= 11 is 11.6. The van der Waals surface area contributed by atoms with Crippen LogP contribution in [0.5, 0.6) is 5.75 Å². The van der Waals surface area contributed by atoms with Gasteiger partial charge in [-0.25, -0.2) is 0 Å². The highest BCUT2D eigenvalue weighted by Crippen LogP contribution is 2.34. The first kappa shape index (κ1) is 17.6. The summed E-state index contributed by atoms with van der Waals surface area (Å²) in [5.41, 5.74) is -0.751. The third-order valence-electron chi connectivity index (χ3n) is 3.01. The first-order valence-corrected chi connectivity index (χ1v) is 7.43. The summed E-state index contributed by atoms with van der Waals surface area (Å²) in [5.74, 6) is 0.371. The molecule has 0 aliphatic heterocycles. The van der Waals surface area contributed by atoms with Gasteiger partial charge >= 0.3 is 6.18 Å². The quantitative estimate of drug-likeness (QED) is 0.468. The molecule has 2 aromatic carbocycles. The Bertz CT molecular complexity index is 712. The van der Waals surface area contributed by atoms with Crippen molar-refractivity contribution in [2.45, 2.75) is 19.5 Å². The van der Waals surface area contributed by atoms with Crippen LogP contribution in [0.4, 0.5) is 13.2 Å². The fourth-order valence-corrected chi connectivity index (χ4v) is 2.21. The number of hydrogen-bond donors (Lipinski definition) is 0. The van der Waals surface area contributed by atoms with Crippen LogP contribution in [0.25, 0.3) is 0 Å². The molecule has 2 rings (SSSR count). The van der Waals surface area contributed by atoms with E-state index in [1.807, 2.05) is 0 Å². The Morgan fingerprint density at radius 1 is 1.04 bits per heavy atom. The van der Waals surface area contributed by atoms with Crippen LogP contribution in [0.3, 0.4) is 0 Å². The van der Waals surface area contributed by atoms with Crippen molar-refractivity contribution in [2.24, 2.45) is 5.16 Å². The molecule has 0 aliphatic carbocycles. The molecular formula is C16H12Cl2F3NO. The predicted molar refractivity (Wildman–Crippen MR) is 85.4 cm³/mol. The SMILES string of the molecule is CC/C(=N\Oc1ccc(Cl)cc1)c1cc(Cl)ccc1C(F)(F)F. The highest BCUT2D eigenvalue weighted by molar-refractivity contribution is 6.31. The van der Waals surface area contributed by atoms with Crippen LogP contribution in [0.1, 0.15) is 24.5 Å². The molecule has 0 spiro atoms. The van der Waals surface area contributed by atoms with Gasteiger partial charge in [-0.1, -0.05) is 35.3 Å². The number of benzene rings is 2. The van der Waals surface area contributed by atoms with Crippen LogP contribution in [0.2, 0.25) is 10.0 Å². The smallest absolute Gasteiger partial charge is 0.357 e. The van der Waals surface area contributed by atoms with Gasteiger partial charge in [-0.15, -0.1) is 0 Å². The Hall–Kier alpha value is -1.72. The lowest BCUT2D eigenvalue weighted by atomic mass is 10.0. The molecule has 0 aliphatic rings. The van der Waals surface area contributed by atoms with Gasteiger partial charge in [0.1, 0.15) is 0 Å². The second kappa shape index (κ2) is 7.23. The van der Waals surface area contributed by atoms with Crippen molar-refractivity contribution in [3.8, 4) is 5.75 Å². The lowest BCUT2D eigenvalue weighted by Crippen LogP contribution is -2.14. The average Bonchev–Trinajstić information content (AvgIpc) is 2.48. The molecule has 0 atom stereocenters. The lowest BCUT2D eigenvalue weighted by Gasteiger charge is -2.14. The van der Waals surface area contributed by atoms with Crippen molar-refractivity contribution < 1.29 is 18.0 Å². The summed E-state index contributed by atoms with van der Waals surface area (Å²) in [7, 11) is 0. The minimum absolute atomic E-state index is 0.0959. The molecule has 0 saturated carbocycles. The number of nitrogens with zero attached hydrogens (tertiary/aromatic N) is 1. The molecule has 0 unspecified atom stereocenters. The van der Waals surface area contributed by atoms with Crippen LogP contribution < -0.4 is 4.84 Å². The zero-order valence-corrected chi connectivity index (χ0v) is 13.5. The molecule has 2 nitrogen and oxygen atoms in total. The van der Waals surface area contributed by atoms with Crippen LogP contribution in [-0.4, -0.2) is 5.71 Å². The molecular weight excluding hydrogens is 350 g/mol. The van der Waals surface area contributed by atoms with E-state index in [0.717, 1.165) is 6.07 Å². The Balaban J connectivity index is 2.38. The Morgan fingerprint density at radius 3 is 2.22 bits per heavy atom. The highest BCUT2D eigenvalue weighted by Gasteiger charge is 2.34. The molecule has 0 fully saturated rings. The van der Waals surface area contributed by atoms with E-state index in [2.05, 4.69) is 5.16 Å². The molecule has 7 heteroatoms. The lowest BCUT2D eigenvalue weighted by molar-refractivity contribution is -0.137. The van der Waals surface area contributed by atoms with Gasteiger partial charge in [-0.2, -0.15) is 13.2 Å². The fourth-order valence-electron chi connectivity index (χ4n) is 1.91. The average molecular weight is 362 g/mol. The normalized spacial score (nSPS) is 12.3. The molecule has 122 valence electrons. The molecule has 0 aromatic heterocycles. The topological polar surface area (TPSA) is 21.6 Å². The highest BCUT2D eigenvalue weighted by atomic mass is 35.5. The van der Waals surface area contributed by atoms with E-state index in [9.17, 15) is 13.2 Å². The van der Waals surface area contributed by atoms with E-state index in [0.29, 0.717) is 10.8 Å². The van der Waals surface area contributed by atoms with Crippen molar-refractivity contribution in [2.75, 3.05) is 0 Å². The summed E-state index contributed by atoms with van der Waals surface area (Å²) < 4.78 is 39.4. The van der Waals surface area contributed by atoms with Crippen molar-refractivity contribution in [3.05, 3.63) is 63.6 Å². The summed E-state index contributed by atoms with van der Waals surface area (Å²) in [6, 6.07) is 9.70. The first-order chi connectivity index (χ1) is 10.8. The molecule has 0 radical (unpaired) electrons. The van der Waals surface area contributed by atoms with Crippen LogP contribution in [0, 0.1) is 0 Å². The molecule has 2 aromatic rings.